The van der Waals surface area contributed by atoms with Crippen molar-refractivity contribution in [3.05, 3.63) is 0 Å². The monoisotopic (exact) mass is 180 g/mol. The zero-order valence-corrected chi connectivity index (χ0v) is 5.24. The van der Waals surface area contributed by atoms with Crippen molar-refractivity contribution >= 4 is 10.4 Å². The summed E-state index contributed by atoms with van der Waals surface area (Å²) < 4.78 is 62.9. The van der Waals surface area contributed by atoms with Crippen molar-refractivity contribution in [3.63, 3.8) is 0 Å². The van der Waals surface area contributed by atoms with E-state index in [4.69, 9.17) is 4.55 Å². The molecule has 4 nitrogen and oxygen atoms in total. The van der Waals surface area contributed by atoms with Crippen molar-refractivity contribution in [2.75, 3.05) is 6.61 Å². The number of alkyl halides is 3. The zero-order chi connectivity index (χ0) is 8.41. The molecular formula is C2H3F3O4S. The fourth-order valence-electron chi connectivity index (χ4n) is 0.141. The standard InChI is InChI=1S/C2H3F3O4S/c3-2(4,5)1-9-10(6,7)8/h1H2,(H,6,7,8). The number of halogens is 3. The van der Waals surface area contributed by atoms with Crippen LogP contribution < -0.4 is 0 Å². The first kappa shape index (κ1) is 9.66. The predicted octanol–water partition coefficient (Wildman–Crippen LogP) is 0.368. The van der Waals surface area contributed by atoms with Crippen molar-refractivity contribution in [1.82, 2.24) is 0 Å². The minimum Gasteiger partial charge on any atom is -0.264 e. The molecule has 0 saturated heterocycles. The second-order valence-electron chi connectivity index (χ2n) is 1.31. The minimum atomic E-state index is -4.98. The molecule has 0 fully saturated rings. The molecular weight excluding hydrogens is 177 g/mol. The predicted molar refractivity (Wildman–Crippen MR) is 23.6 cm³/mol. The Balaban J connectivity index is 3.79. The molecule has 0 rings (SSSR count). The first-order chi connectivity index (χ1) is 4.21. The second kappa shape index (κ2) is 2.72. The quantitative estimate of drug-likeness (QED) is 0.623. The summed E-state index contributed by atoms with van der Waals surface area (Å²) in [6, 6.07) is 0. The molecule has 0 heterocycles. The Hall–Kier alpha value is -0.340. The van der Waals surface area contributed by atoms with E-state index in [-0.39, 0.29) is 0 Å². The lowest BCUT2D eigenvalue weighted by atomic mass is 10.7. The van der Waals surface area contributed by atoms with E-state index in [0.717, 1.165) is 0 Å². The molecule has 0 aromatic heterocycles. The van der Waals surface area contributed by atoms with Crippen molar-refractivity contribution < 1.29 is 30.3 Å². The van der Waals surface area contributed by atoms with Gasteiger partial charge in [-0.2, -0.15) is 21.6 Å². The summed E-state index contributed by atoms with van der Waals surface area (Å²) in [4.78, 5) is 0. The maximum Gasteiger partial charge on any atom is 0.413 e. The number of rotatable bonds is 2. The van der Waals surface area contributed by atoms with E-state index in [1.807, 2.05) is 0 Å². The smallest absolute Gasteiger partial charge is 0.264 e. The first-order valence-corrected chi connectivity index (χ1v) is 3.26. The van der Waals surface area contributed by atoms with Crippen molar-refractivity contribution in [1.29, 1.82) is 0 Å². The highest BCUT2D eigenvalue weighted by Gasteiger charge is 2.30. The molecule has 0 radical (unpaired) electrons. The number of hydrogen-bond acceptors (Lipinski definition) is 3. The first-order valence-electron chi connectivity index (χ1n) is 1.89. The molecule has 0 aliphatic heterocycles. The van der Waals surface area contributed by atoms with Crippen LogP contribution in [0.25, 0.3) is 0 Å². The third kappa shape index (κ3) is 7.66. The molecule has 0 aromatic carbocycles. The summed E-state index contributed by atoms with van der Waals surface area (Å²) in [5, 5.41) is 0. The van der Waals surface area contributed by atoms with Crippen LogP contribution in [0.4, 0.5) is 13.2 Å². The third-order valence-corrected chi connectivity index (χ3v) is 0.787. The van der Waals surface area contributed by atoms with Gasteiger partial charge in [0.15, 0.2) is 6.61 Å². The Kier molecular flexibility index (Phi) is 2.63. The summed E-state index contributed by atoms with van der Waals surface area (Å²) in [5.41, 5.74) is 0. The van der Waals surface area contributed by atoms with E-state index in [9.17, 15) is 21.6 Å². The maximum absolute atomic E-state index is 11.1. The molecule has 0 spiro atoms. The lowest BCUT2D eigenvalue weighted by Crippen LogP contribution is -2.19. The highest BCUT2D eigenvalue weighted by molar-refractivity contribution is 7.80. The van der Waals surface area contributed by atoms with Crippen LogP contribution in [-0.2, 0) is 14.6 Å². The Morgan fingerprint density at radius 1 is 1.40 bits per heavy atom. The normalized spacial score (nSPS) is 13.6. The largest absolute Gasteiger partial charge is 0.413 e. The van der Waals surface area contributed by atoms with Gasteiger partial charge in [0.25, 0.3) is 0 Å². The molecule has 0 saturated carbocycles. The molecule has 0 bridgehead atoms. The van der Waals surface area contributed by atoms with Gasteiger partial charge in [-0.1, -0.05) is 0 Å². The van der Waals surface area contributed by atoms with Gasteiger partial charge < -0.3 is 0 Å². The Morgan fingerprint density at radius 2 is 1.80 bits per heavy atom. The minimum absolute atomic E-state index is 2.01. The highest BCUT2D eigenvalue weighted by atomic mass is 32.3. The Bertz CT molecular complexity index is 191. The molecule has 0 aliphatic rings. The average Bonchev–Trinajstić information content (AvgIpc) is 1.57. The molecule has 1 N–H and O–H groups in total. The molecule has 62 valence electrons. The van der Waals surface area contributed by atoms with Crippen LogP contribution in [0, 0.1) is 0 Å². The zero-order valence-electron chi connectivity index (χ0n) is 4.42. The summed E-state index contributed by atoms with van der Waals surface area (Å²) in [6.07, 6.45) is -4.75. The Morgan fingerprint density at radius 3 is 1.90 bits per heavy atom. The lowest BCUT2D eigenvalue weighted by Gasteiger charge is -2.02. The molecule has 10 heavy (non-hydrogen) atoms. The van der Waals surface area contributed by atoms with Gasteiger partial charge in [-0.3, -0.25) is 4.55 Å². The topological polar surface area (TPSA) is 63.6 Å². The van der Waals surface area contributed by atoms with Gasteiger partial charge in [-0.05, 0) is 0 Å². The van der Waals surface area contributed by atoms with Crippen LogP contribution in [-0.4, -0.2) is 25.8 Å². The summed E-state index contributed by atoms with van der Waals surface area (Å²) in [5.74, 6) is 0. The number of hydrogen-bond donors (Lipinski definition) is 1. The van der Waals surface area contributed by atoms with Gasteiger partial charge in [-0.25, -0.2) is 4.18 Å². The summed E-state index contributed by atoms with van der Waals surface area (Å²) in [7, 11) is -4.98. The summed E-state index contributed by atoms with van der Waals surface area (Å²) >= 11 is 0. The Labute approximate surface area is 54.6 Å². The third-order valence-electron chi connectivity index (χ3n) is 0.372. The van der Waals surface area contributed by atoms with Crippen molar-refractivity contribution in [2.24, 2.45) is 0 Å². The molecule has 0 amide bonds. The second-order valence-corrected chi connectivity index (χ2v) is 2.40. The molecule has 0 unspecified atom stereocenters. The van der Waals surface area contributed by atoms with E-state index in [1.54, 1.807) is 0 Å². The van der Waals surface area contributed by atoms with E-state index in [0.29, 0.717) is 0 Å². The average molecular weight is 180 g/mol. The van der Waals surface area contributed by atoms with Crippen LogP contribution in [0.2, 0.25) is 0 Å². The van der Waals surface area contributed by atoms with Crippen molar-refractivity contribution in [2.45, 2.75) is 6.18 Å². The van der Waals surface area contributed by atoms with E-state index < -0.39 is 23.2 Å². The molecule has 0 atom stereocenters. The van der Waals surface area contributed by atoms with E-state index >= 15 is 0 Å². The van der Waals surface area contributed by atoms with Gasteiger partial charge in [-0.15, -0.1) is 0 Å². The van der Waals surface area contributed by atoms with Crippen molar-refractivity contribution in [3.8, 4) is 0 Å². The fraction of sp³-hybridized carbons (Fsp3) is 1.00. The van der Waals surface area contributed by atoms with Gasteiger partial charge in [0.2, 0.25) is 0 Å². The molecule has 0 aromatic rings. The van der Waals surface area contributed by atoms with Crippen LogP contribution in [0.5, 0.6) is 0 Å². The SMILES string of the molecule is O=S(=O)(O)OCC(F)(F)F. The van der Waals surface area contributed by atoms with Gasteiger partial charge in [0.1, 0.15) is 0 Å². The molecule has 8 heteroatoms. The summed E-state index contributed by atoms with van der Waals surface area (Å²) in [6.45, 7) is -2.01. The fourth-order valence-corrected chi connectivity index (χ4v) is 0.424. The van der Waals surface area contributed by atoms with Crippen LogP contribution in [0.1, 0.15) is 0 Å². The lowest BCUT2D eigenvalue weighted by molar-refractivity contribution is -0.153. The van der Waals surface area contributed by atoms with Gasteiger partial charge >= 0.3 is 16.6 Å². The van der Waals surface area contributed by atoms with E-state index in [1.165, 1.54) is 0 Å². The van der Waals surface area contributed by atoms with E-state index in [2.05, 4.69) is 4.18 Å². The highest BCUT2D eigenvalue weighted by Crippen LogP contribution is 2.15. The van der Waals surface area contributed by atoms with Gasteiger partial charge in [0, 0.05) is 0 Å². The maximum atomic E-state index is 11.1. The van der Waals surface area contributed by atoms with Crippen LogP contribution in [0.3, 0.4) is 0 Å². The molecule has 0 aliphatic carbocycles. The van der Waals surface area contributed by atoms with Gasteiger partial charge in [0.05, 0.1) is 0 Å². The van der Waals surface area contributed by atoms with Crippen LogP contribution >= 0.6 is 0 Å². The van der Waals surface area contributed by atoms with Crippen LogP contribution in [0.15, 0.2) is 0 Å².